The fraction of sp³-hybridized carbons (Fsp3) is 0.409. The van der Waals surface area contributed by atoms with Crippen LogP contribution in [0.5, 0.6) is 5.75 Å². The Morgan fingerprint density at radius 1 is 1.03 bits per heavy atom. The number of ether oxygens (including phenoxy) is 2. The average Bonchev–Trinajstić information content (AvgIpc) is 2.72. The van der Waals surface area contributed by atoms with Crippen LogP contribution in [0.2, 0.25) is 0 Å². The number of hydrogen-bond donors (Lipinski definition) is 2. The minimum atomic E-state index is 0. The number of methoxy groups -OCH3 is 1. The first kappa shape index (κ1) is 25.2. The molecule has 0 fully saturated rings. The first-order valence-electron chi connectivity index (χ1n) is 9.64. The highest BCUT2D eigenvalue weighted by atomic mass is 127. The Hall–Kier alpha value is -1.84. The summed E-state index contributed by atoms with van der Waals surface area (Å²) in [6, 6.07) is 18.3. The molecule has 0 radical (unpaired) electrons. The number of nitrogens with zero attached hydrogens (tertiary/aromatic N) is 2. The molecular formula is C22H33IN4O2. The molecule has 3 N–H and O–H groups in total. The number of guanidine groups is 1. The topological polar surface area (TPSA) is 72.1 Å². The van der Waals surface area contributed by atoms with Crippen molar-refractivity contribution < 1.29 is 9.47 Å². The molecule has 0 saturated carbocycles. The molecule has 0 aliphatic rings. The van der Waals surface area contributed by atoms with Crippen LogP contribution >= 0.6 is 24.0 Å². The van der Waals surface area contributed by atoms with Crippen LogP contribution in [0.3, 0.4) is 0 Å². The van der Waals surface area contributed by atoms with Gasteiger partial charge < -0.3 is 25.4 Å². The van der Waals surface area contributed by atoms with Crippen molar-refractivity contribution in [2.24, 2.45) is 10.7 Å². The highest BCUT2D eigenvalue weighted by Crippen LogP contribution is 2.14. The highest BCUT2D eigenvalue weighted by Gasteiger charge is 2.01. The monoisotopic (exact) mass is 512 g/mol. The molecule has 0 atom stereocenters. The predicted octanol–water partition coefficient (Wildman–Crippen LogP) is 2.91. The molecular weight excluding hydrogens is 479 g/mol. The lowest BCUT2D eigenvalue weighted by Gasteiger charge is -2.16. The van der Waals surface area contributed by atoms with Crippen molar-refractivity contribution in [2.75, 3.05) is 47.0 Å². The van der Waals surface area contributed by atoms with E-state index in [4.69, 9.17) is 15.2 Å². The van der Waals surface area contributed by atoms with Crippen molar-refractivity contribution in [1.29, 1.82) is 0 Å². The Labute approximate surface area is 191 Å². The van der Waals surface area contributed by atoms with Gasteiger partial charge in [0.15, 0.2) is 5.96 Å². The molecule has 160 valence electrons. The quantitative estimate of drug-likeness (QED) is 0.260. The van der Waals surface area contributed by atoms with Crippen LogP contribution in [0, 0.1) is 0 Å². The Kier molecular flexibility index (Phi) is 13.1. The lowest BCUT2D eigenvalue weighted by molar-refractivity contribution is 0.150. The fourth-order valence-electron chi connectivity index (χ4n) is 2.62. The molecule has 0 aromatic heterocycles. The van der Waals surface area contributed by atoms with Crippen molar-refractivity contribution in [1.82, 2.24) is 10.2 Å². The number of nitrogens with two attached hydrogens (primary N) is 1. The summed E-state index contributed by atoms with van der Waals surface area (Å²) in [4.78, 5) is 6.59. The van der Waals surface area contributed by atoms with E-state index in [1.165, 1.54) is 5.56 Å². The SMILES string of the molecule is COCCN(C)CCOc1cccc(CN=C(N)NCCc2ccccc2)c1.I. The van der Waals surface area contributed by atoms with E-state index in [1.807, 2.05) is 42.5 Å². The van der Waals surface area contributed by atoms with E-state index in [1.54, 1.807) is 7.11 Å². The van der Waals surface area contributed by atoms with Gasteiger partial charge in [0.1, 0.15) is 12.4 Å². The third-order valence-electron chi connectivity index (χ3n) is 4.31. The Balaban J connectivity index is 0.00000420. The van der Waals surface area contributed by atoms with Crippen LogP contribution in [-0.2, 0) is 17.7 Å². The Bertz CT molecular complexity index is 713. The normalized spacial score (nSPS) is 11.2. The van der Waals surface area contributed by atoms with Gasteiger partial charge in [-0.2, -0.15) is 0 Å². The lowest BCUT2D eigenvalue weighted by atomic mass is 10.1. The van der Waals surface area contributed by atoms with Crippen LogP contribution in [-0.4, -0.2) is 57.9 Å². The summed E-state index contributed by atoms with van der Waals surface area (Å²) >= 11 is 0. The van der Waals surface area contributed by atoms with Gasteiger partial charge in [-0.3, -0.25) is 0 Å². The molecule has 0 heterocycles. The molecule has 2 aromatic carbocycles. The van der Waals surface area contributed by atoms with Crippen molar-refractivity contribution in [3.05, 3.63) is 65.7 Å². The van der Waals surface area contributed by atoms with Crippen LogP contribution < -0.4 is 15.8 Å². The number of aliphatic imine (C=N–C) groups is 1. The van der Waals surface area contributed by atoms with Crippen molar-refractivity contribution in [2.45, 2.75) is 13.0 Å². The maximum absolute atomic E-state index is 5.97. The van der Waals surface area contributed by atoms with E-state index in [9.17, 15) is 0 Å². The Morgan fingerprint density at radius 2 is 1.76 bits per heavy atom. The second-order valence-electron chi connectivity index (χ2n) is 6.66. The van der Waals surface area contributed by atoms with Gasteiger partial charge in [0.05, 0.1) is 13.2 Å². The highest BCUT2D eigenvalue weighted by molar-refractivity contribution is 14.0. The number of benzene rings is 2. The number of halogens is 1. The first-order chi connectivity index (χ1) is 13.7. The predicted molar refractivity (Wildman–Crippen MR) is 130 cm³/mol. The van der Waals surface area contributed by atoms with Crippen LogP contribution in [0.25, 0.3) is 0 Å². The van der Waals surface area contributed by atoms with Gasteiger partial charge in [-0.15, -0.1) is 24.0 Å². The van der Waals surface area contributed by atoms with E-state index in [2.05, 4.69) is 34.4 Å². The van der Waals surface area contributed by atoms with E-state index < -0.39 is 0 Å². The molecule has 2 rings (SSSR count). The van der Waals surface area contributed by atoms with Crippen molar-refractivity contribution >= 4 is 29.9 Å². The second kappa shape index (κ2) is 15.1. The second-order valence-corrected chi connectivity index (χ2v) is 6.66. The van der Waals surface area contributed by atoms with Crippen molar-refractivity contribution in [3.8, 4) is 5.75 Å². The molecule has 0 unspecified atom stereocenters. The maximum Gasteiger partial charge on any atom is 0.188 e. The third kappa shape index (κ3) is 11.1. The van der Waals surface area contributed by atoms with Crippen LogP contribution in [0.4, 0.5) is 0 Å². The minimum absolute atomic E-state index is 0. The summed E-state index contributed by atoms with van der Waals surface area (Å²) < 4.78 is 10.9. The molecule has 29 heavy (non-hydrogen) atoms. The number of likely N-dealkylation sites (N-methyl/N-ethyl adjacent to an activating group) is 1. The zero-order chi connectivity index (χ0) is 20.0. The lowest BCUT2D eigenvalue weighted by Crippen LogP contribution is -2.33. The standard InChI is InChI=1S/C22H32N4O2.HI/c1-26(13-15-27-2)14-16-28-21-10-6-9-20(17-21)18-25-22(23)24-12-11-19-7-4-3-5-8-19;/h3-10,17H,11-16,18H2,1-2H3,(H3,23,24,25);1H. The van der Waals surface area contributed by atoms with Gasteiger partial charge in [0.25, 0.3) is 0 Å². The zero-order valence-electron chi connectivity index (χ0n) is 17.3. The molecule has 0 aliphatic heterocycles. The van der Waals surface area contributed by atoms with Crippen LogP contribution in [0.1, 0.15) is 11.1 Å². The van der Waals surface area contributed by atoms with Gasteiger partial charge in [-0.25, -0.2) is 4.99 Å². The fourth-order valence-corrected chi connectivity index (χ4v) is 2.62. The number of rotatable bonds is 12. The molecule has 0 bridgehead atoms. The summed E-state index contributed by atoms with van der Waals surface area (Å²) in [7, 11) is 3.77. The summed E-state index contributed by atoms with van der Waals surface area (Å²) in [6.07, 6.45) is 0.916. The van der Waals surface area contributed by atoms with E-state index in [0.29, 0.717) is 19.1 Å². The first-order valence-corrected chi connectivity index (χ1v) is 9.64. The molecule has 0 spiro atoms. The Morgan fingerprint density at radius 3 is 2.52 bits per heavy atom. The average molecular weight is 512 g/mol. The van der Waals surface area contributed by atoms with Gasteiger partial charge >= 0.3 is 0 Å². The zero-order valence-corrected chi connectivity index (χ0v) is 19.7. The van der Waals surface area contributed by atoms with E-state index in [0.717, 1.165) is 44.0 Å². The summed E-state index contributed by atoms with van der Waals surface area (Å²) in [6.45, 7) is 4.39. The van der Waals surface area contributed by atoms with Gasteiger partial charge in [0, 0.05) is 26.7 Å². The molecule has 0 aliphatic carbocycles. The molecule has 6 nitrogen and oxygen atoms in total. The molecule has 2 aromatic rings. The summed E-state index contributed by atoms with van der Waals surface area (Å²) in [5, 5.41) is 3.16. The van der Waals surface area contributed by atoms with E-state index >= 15 is 0 Å². The third-order valence-corrected chi connectivity index (χ3v) is 4.31. The molecule has 0 amide bonds. The minimum Gasteiger partial charge on any atom is -0.492 e. The smallest absolute Gasteiger partial charge is 0.188 e. The van der Waals surface area contributed by atoms with Crippen molar-refractivity contribution in [3.63, 3.8) is 0 Å². The van der Waals surface area contributed by atoms with E-state index in [-0.39, 0.29) is 24.0 Å². The number of nitrogens with one attached hydrogen (secondary N) is 1. The maximum atomic E-state index is 5.97. The molecule has 7 heteroatoms. The largest absolute Gasteiger partial charge is 0.492 e. The van der Waals surface area contributed by atoms with Gasteiger partial charge in [-0.05, 0) is 36.7 Å². The summed E-state index contributed by atoms with van der Waals surface area (Å²) in [5.74, 6) is 1.31. The molecule has 0 saturated heterocycles. The van der Waals surface area contributed by atoms with Gasteiger partial charge in [0.2, 0.25) is 0 Å². The van der Waals surface area contributed by atoms with Gasteiger partial charge in [-0.1, -0.05) is 42.5 Å². The summed E-state index contributed by atoms with van der Waals surface area (Å²) in [5.41, 5.74) is 8.31. The number of hydrogen-bond acceptors (Lipinski definition) is 4. The van der Waals surface area contributed by atoms with Crippen LogP contribution in [0.15, 0.2) is 59.6 Å².